The monoisotopic (exact) mass is 385 g/mol. The van der Waals surface area contributed by atoms with Crippen LogP contribution in [0.4, 0.5) is 0 Å². The molecule has 3 rings (SSSR count). The molecule has 2 aromatic rings. The van der Waals surface area contributed by atoms with Gasteiger partial charge in [0, 0.05) is 39.1 Å². The van der Waals surface area contributed by atoms with Crippen molar-refractivity contribution in [3.05, 3.63) is 48.0 Å². The van der Waals surface area contributed by atoms with Gasteiger partial charge in [-0.1, -0.05) is 26.0 Å². The summed E-state index contributed by atoms with van der Waals surface area (Å²) >= 11 is 0. The first-order valence-electron chi connectivity index (χ1n) is 9.96. The Kier molecular flexibility index (Phi) is 7.06. The number of amides is 1. The fourth-order valence-corrected chi connectivity index (χ4v) is 3.44. The second-order valence-electron chi connectivity index (χ2n) is 7.51. The Morgan fingerprint density at radius 3 is 2.82 bits per heavy atom. The van der Waals surface area contributed by atoms with Crippen LogP contribution >= 0.6 is 0 Å². The minimum atomic E-state index is 0.0138. The number of carbonyl (C=O) groups is 1. The van der Waals surface area contributed by atoms with Gasteiger partial charge in [-0.3, -0.25) is 9.69 Å². The summed E-state index contributed by atoms with van der Waals surface area (Å²) in [6.45, 7) is 8.15. The Hall–Kier alpha value is -2.38. The fourth-order valence-electron chi connectivity index (χ4n) is 3.44. The molecular formula is C21H31N5O2. The normalized spacial score (nSPS) is 17.6. The Bertz CT molecular complexity index is 756. The largest absolute Gasteiger partial charge is 0.492 e. The summed E-state index contributed by atoms with van der Waals surface area (Å²) in [4.78, 5) is 19.0. The van der Waals surface area contributed by atoms with Crippen molar-refractivity contribution >= 4 is 5.91 Å². The van der Waals surface area contributed by atoms with Gasteiger partial charge < -0.3 is 19.9 Å². The van der Waals surface area contributed by atoms with Gasteiger partial charge in [0.15, 0.2) is 0 Å². The van der Waals surface area contributed by atoms with Crippen LogP contribution in [-0.4, -0.2) is 59.7 Å². The van der Waals surface area contributed by atoms with Gasteiger partial charge in [0.25, 0.3) is 0 Å². The average molecular weight is 386 g/mol. The number of benzene rings is 1. The number of aryl methyl sites for hydroxylation is 1. The molecule has 1 atom stereocenters. The molecule has 1 aliphatic rings. The topological polar surface area (TPSA) is 71.4 Å². The third kappa shape index (κ3) is 5.33. The number of hydrogen-bond donors (Lipinski definition) is 2. The van der Waals surface area contributed by atoms with Gasteiger partial charge in [-0.15, -0.1) is 0 Å². The maximum Gasteiger partial charge on any atom is 0.234 e. The van der Waals surface area contributed by atoms with E-state index in [0.717, 1.165) is 31.2 Å². The number of aromatic nitrogens is 2. The Morgan fingerprint density at radius 1 is 1.36 bits per heavy atom. The molecule has 2 N–H and O–H groups in total. The molecule has 7 nitrogen and oxygen atoms in total. The van der Waals surface area contributed by atoms with Gasteiger partial charge in [-0.05, 0) is 23.6 Å². The lowest BCUT2D eigenvalue weighted by Crippen LogP contribution is -2.50. The van der Waals surface area contributed by atoms with Crippen molar-refractivity contribution in [2.45, 2.75) is 25.8 Å². The van der Waals surface area contributed by atoms with Gasteiger partial charge in [-0.2, -0.15) is 0 Å². The molecule has 28 heavy (non-hydrogen) atoms. The van der Waals surface area contributed by atoms with Crippen molar-refractivity contribution in [3.8, 4) is 5.75 Å². The molecule has 1 aromatic carbocycles. The molecule has 1 fully saturated rings. The summed E-state index contributed by atoms with van der Waals surface area (Å²) in [6, 6.07) is 8.24. The molecule has 1 aromatic heterocycles. The van der Waals surface area contributed by atoms with E-state index in [1.165, 1.54) is 5.56 Å². The second kappa shape index (κ2) is 9.71. The number of ether oxygens (including phenoxy) is 1. The maximum atomic E-state index is 12.4. The van der Waals surface area contributed by atoms with Crippen molar-refractivity contribution in [2.75, 3.05) is 39.3 Å². The quantitative estimate of drug-likeness (QED) is 0.677. The third-order valence-electron chi connectivity index (χ3n) is 5.10. The fraction of sp³-hybridized carbons (Fsp3) is 0.524. The highest BCUT2D eigenvalue weighted by Crippen LogP contribution is 2.20. The van der Waals surface area contributed by atoms with Gasteiger partial charge in [0.1, 0.15) is 18.2 Å². The van der Waals surface area contributed by atoms with Gasteiger partial charge in [-0.25, -0.2) is 4.98 Å². The van der Waals surface area contributed by atoms with Crippen molar-refractivity contribution in [2.24, 2.45) is 7.05 Å². The van der Waals surface area contributed by atoms with E-state index < -0.39 is 0 Å². The van der Waals surface area contributed by atoms with Crippen molar-refractivity contribution < 1.29 is 9.53 Å². The SMILES string of the molecule is CC(C)c1ccc(OCCNC(=O)CN2CCNCC2c2nccn2C)cc1. The molecule has 7 heteroatoms. The number of carbonyl (C=O) groups excluding carboxylic acids is 1. The molecular weight excluding hydrogens is 354 g/mol. The maximum absolute atomic E-state index is 12.4. The van der Waals surface area contributed by atoms with Crippen LogP contribution in [0.3, 0.4) is 0 Å². The number of hydrogen-bond acceptors (Lipinski definition) is 5. The predicted octanol–water partition coefficient (Wildman–Crippen LogP) is 1.69. The van der Waals surface area contributed by atoms with Crippen LogP contribution in [0.5, 0.6) is 5.75 Å². The predicted molar refractivity (Wildman–Crippen MR) is 109 cm³/mol. The summed E-state index contributed by atoms with van der Waals surface area (Å²) < 4.78 is 7.74. The van der Waals surface area contributed by atoms with Crippen LogP contribution in [0.2, 0.25) is 0 Å². The lowest BCUT2D eigenvalue weighted by atomic mass is 10.0. The molecule has 0 radical (unpaired) electrons. The van der Waals surface area contributed by atoms with Gasteiger partial charge >= 0.3 is 0 Å². The van der Waals surface area contributed by atoms with Crippen LogP contribution in [-0.2, 0) is 11.8 Å². The highest BCUT2D eigenvalue weighted by Gasteiger charge is 2.28. The Labute approximate surface area is 167 Å². The number of nitrogens with zero attached hydrogens (tertiary/aromatic N) is 3. The first-order chi connectivity index (χ1) is 13.5. The zero-order valence-corrected chi connectivity index (χ0v) is 17.0. The minimum absolute atomic E-state index is 0.0138. The van der Waals surface area contributed by atoms with E-state index in [1.54, 1.807) is 6.20 Å². The first-order valence-corrected chi connectivity index (χ1v) is 9.96. The van der Waals surface area contributed by atoms with Gasteiger partial charge in [0.2, 0.25) is 5.91 Å². The summed E-state index contributed by atoms with van der Waals surface area (Å²) in [5.41, 5.74) is 1.29. The molecule has 1 unspecified atom stereocenters. The lowest BCUT2D eigenvalue weighted by molar-refractivity contribution is -0.123. The van der Waals surface area contributed by atoms with E-state index >= 15 is 0 Å². The molecule has 152 valence electrons. The van der Waals surface area contributed by atoms with Crippen LogP contribution in [0.1, 0.15) is 37.2 Å². The summed E-state index contributed by atoms with van der Waals surface area (Å²) in [5.74, 6) is 2.33. The summed E-state index contributed by atoms with van der Waals surface area (Å²) in [5, 5.41) is 6.35. The molecule has 1 aliphatic heterocycles. The number of rotatable bonds is 8. The van der Waals surface area contributed by atoms with E-state index in [1.807, 2.05) is 29.9 Å². The molecule has 0 bridgehead atoms. The zero-order valence-electron chi connectivity index (χ0n) is 17.0. The summed E-state index contributed by atoms with van der Waals surface area (Å²) in [6.07, 6.45) is 3.74. The number of nitrogens with one attached hydrogen (secondary N) is 2. The lowest BCUT2D eigenvalue weighted by Gasteiger charge is -2.35. The standard InChI is InChI=1S/C21H31N5O2/c1-16(2)17-4-6-18(7-5-17)28-13-10-23-20(27)15-26-12-8-22-14-19(26)21-24-9-11-25(21)3/h4-7,9,11,16,19,22H,8,10,12-15H2,1-3H3,(H,23,27). The number of imidazole rings is 1. The van der Waals surface area contributed by atoms with Crippen molar-refractivity contribution in [1.82, 2.24) is 25.1 Å². The van der Waals surface area contributed by atoms with Crippen molar-refractivity contribution in [3.63, 3.8) is 0 Å². The van der Waals surface area contributed by atoms with Crippen LogP contribution in [0, 0.1) is 0 Å². The van der Waals surface area contributed by atoms with Gasteiger partial charge in [0.05, 0.1) is 19.1 Å². The third-order valence-corrected chi connectivity index (χ3v) is 5.10. The average Bonchev–Trinajstić information content (AvgIpc) is 3.12. The molecule has 0 saturated carbocycles. The minimum Gasteiger partial charge on any atom is -0.492 e. The molecule has 0 aliphatic carbocycles. The van der Waals surface area contributed by atoms with Crippen LogP contribution < -0.4 is 15.4 Å². The zero-order chi connectivity index (χ0) is 19.9. The van der Waals surface area contributed by atoms with E-state index in [-0.39, 0.29) is 11.9 Å². The highest BCUT2D eigenvalue weighted by molar-refractivity contribution is 5.78. The van der Waals surface area contributed by atoms with E-state index in [9.17, 15) is 4.79 Å². The van der Waals surface area contributed by atoms with E-state index in [4.69, 9.17) is 4.74 Å². The molecule has 1 amide bonds. The first kappa shape index (κ1) is 20.4. The second-order valence-corrected chi connectivity index (χ2v) is 7.51. The highest BCUT2D eigenvalue weighted by atomic mass is 16.5. The Balaban J connectivity index is 1.42. The number of piperazine rings is 1. The Morgan fingerprint density at radius 2 is 2.14 bits per heavy atom. The summed E-state index contributed by atoms with van der Waals surface area (Å²) in [7, 11) is 1.99. The van der Waals surface area contributed by atoms with E-state index in [0.29, 0.717) is 25.6 Å². The van der Waals surface area contributed by atoms with E-state index in [2.05, 4.69) is 46.5 Å². The van der Waals surface area contributed by atoms with Crippen molar-refractivity contribution in [1.29, 1.82) is 0 Å². The molecule has 2 heterocycles. The smallest absolute Gasteiger partial charge is 0.234 e. The molecule has 1 saturated heterocycles. The van der Waals surface area contributed by atoms with Crippen LogP contribution in [0.25, 0.3) is 0 Å². The molecule has 0 spiro atoms. The van der Waals surface area contributed by atoms with Crippen LogP contribution in [0.15, 0.2) is 36.7 Å².